The van der Waals surface area contributed by atoms with Gasteiger partial charge in [0.2, 0.25) is 0 Å². The average molecular weight is 365 g/mol. The molecule has 1 atom stereocenters. The van der Waals surface area contributed by atoms with Crippen LogP contribution in [-0.2, 0) is 0 Å². The second-order valence-electron chi connectivity index (χ2n) is 5.80. The standard InChI is InChI=1S/C18H19BrClN/c1-12(15-6-3-5-9-18(15)20)21-14-10-13(11-14)16-7-2-4-8-17(16)19/h2-9,12-14,21H,10-11H2,1H3/t12-,13?,14?/m1/s1. The fourth-order valence-corrected chi connectivity index (χ4v) is 3.99. The number of hydrogen-bond acceptors (Lipinski definition) is 1. The predicted octanol–water partition coefficient (Wildman–Crippen LogP) is 5.70. The molecule has 1 fully saturated rings. The number of halogens is 2. The fraction of sp³-hybridized carbons (Fsp3) is 0.333. The number of nitrogens with one attached hydrogen (secondary N) is 1. The summed E-state index contributed by atoms with van der Waals surface area (Å²) in [6, 6.07) is 17.5. The fourth-order valence-electron chi connectivity index (χ4n) is 3.08. The number of rotatable bonds is 4. The third-order valence-corrected chi connectivity index (χ3v) is 5.41. The normalized spacial score (nSPS) is 22.6. The van der Waals surface area contributed by atoms with Gasteiger partial charge in [0.15, 0.2) is 0 Å². The first kappa shape index (κ1) is 15.1. The van der Waals surface area contributed by atoms with E-state index < -0.39 is 0 Å². The zero-order valence-corrected chi connectivity index (χ0v) is 14.4. The second kappa shape index (κ2) is 6.51. The zero-order valence-electron chi connectivity index (χ0n) is 12.0. The molecule has 0 bridgehead atoms. The first-order valence-corrected chi connectivity index (χ1v) is 8.57. The molecule has 0 aliphatic heterocycles. The summed E-state index contributed by atoms with van der Waals surface area (Å²) in [7, 11) is 0. The molecule has 1 N–H and O–H groups in total. The van der Waals surface area contributed by atoms with Crippen LogP contribution >= 0.6 is 27.5 Å². The Morgan fingerprint density at radius 2 is 1.76 bits per heavy atom. The SMILES string of the molecule is C[C@@H](NC1CC(c2ccccc2Br)C1)c1ccccc1Cl. The maximum absolute atomic E-state index is 6.26. The highest BCUT2D eigenvalue weighted by atomic mass is 79.9. The van der Waals surface area contributed by atoms with Crippen LogP contribution in [0.3, 0.4) is 0 Å². The molecule has 0 aromatic heterocycles. The van der Waals surface area contributed by atoms with Gasteiger partial charge in [0.1, 0.15) is 0 Å². The van der Waals surface area contributed by atoms with Crippen molar-refractivity contribution >= 4 is 27.5 Å². The molecule has 2 aromatic carbocycles. The number of hydrogen-bond donors (Lipinski definition) is 1. The molecule has 110 valence electrons. The van der Waals surface area contributed by atoms with Crippen molar-refractivity contribution < 1.29 is 0 Å². The molecule has 0 radical (unpaired) electrons. The van der Waals surface area contributed by atoms with Gasteiger partial charge in [0.25, 0.3) is 0 Å². The summed E-state index contributed by atoms with van der Waals surface area (Å²) >= 11 is 9.91. The molecule has 0 spiro atoms. The summed E-state index contributed by atoms with van der Waals surface area (Å²) in [4.78, 5) is 0. The van der Waals surface area contributed by atoms with Crippen molar-refractivity contribution in [1.82, 2.24) is 5.32 Å². The van der Waals surface area contributed by atoms with Gasteiger partial charge in [-0.2, -0.15) is 0 Å². The molecule has 2 aromatic rings. The Labute approximate surface area is 139 Å². The molecule has 1 nitrogen and oxygen atoms in total. The van der Waals surface area contributed by atoms with Crippen LogP contribution in [0, 0.1) is 0 Å². The molecule has 0 saturated heterocycles. The minimum Gasteiger partial charge on any atom is -0.307 e. The van der Waals surface area contributed by atoms with Crippen LogP contribution in [0.1, 0.15) is 42.9 Å². The van der Waals surface area contributed by atoms with E-state index in [9.17, 15) is 0 Å². The van der Waals surface area contributed by atoms with E-state index in [1.54, 1.807) is 0 Å². The van der Waals surface area contributed by atoms with Gasteiger partial charge in [-0.3, -0.25) is 0 Å². The first-order valence-electron chi connectivity index (χ1n) is 7.40. The summed E-state index contributed by atoms with van der Waals surface area (Å²) in [5, 5.41) is 4.54. The molecule has 0 heterocycles. The monoisotopic (exact) mass is 363 g/mol. The summed E-state index contributed by atoms with van der Waals surface area (Å²) in [5.41, 5.74) is 2.62. The van der Waals surface area contributed by atoms with Crippen LogP contribution < -0.4 is 5.32 Å². The maximum Gasteiger partial charge on any atom is 0.0453 e. The maximum atomic E-state index is 6.26. The topological polar surface area (TPSA) is 12.0 Å². The summed E-state index contributed by atoms with van der Waals surface area (Å²) < 4.78 is 1.23. The molecule has 3 heteroatoms. The lowest BCUT2D eigenvalue weighted by Crippen LogP contribution is -2.41. The minimum absolute atomic E-state index is 0.295. The molecule has 21 heavy (non-hydrogen) atoms. The molecule has 0 unspecified atom stereocenters. The van der Waals surface area contributed by atoms with Gasteiger partial charge in [-0.15, -0.1) is 0 Å². The van der Waals surface area contributed by atoms with Crippen molar-refractivity contribution in [2.24, 2.45) is 0 Å². The van der Waals surface area contributed by atoms with Crippen molar-refractivity contribution in [3.63, 3.8) is 0 Å². The van der Waals surface area contributed by atoms with Crippen molar-refractivity contribution in [3.8, 4) is 0 Å². The molecule has 0 amide bonds. The molecular formula is C18H19BrClN. The van der Waals surface area contributed by atoms with Crippen LogP contribution in [-0.4, -0.2) is 6.04 Å². The third-order valence-electron chi connectivity index (χ3n) is 4.34. The van der Waals surface area contributed by atoms with E-state index in [-0.39, 0.29) is 0 Å². The van der Waals surface area contributed by atoms with Crippen LogP contribution in [0.4, 0.5) is 0 Å². The smallest absolute Gasteiger partial charge is 0.0453 e. The third kappa shape index (κ3) is 3.33. The Morgan fingerprint density at radius 3 is 2.48 bits per heavy atom. The van der Waals surface area contributed by atoms with E-state index in [4.69, 9.17) is 11.6 Å². The van der Waals surface area contributed by atoms with E-state index in [0.717, 1.165) is 5.02 Å². The summed E-state index contributed by atoms with van der Waals surface area (Å²) in [5.74, 6) is 0.663. The lowest BCUT2D eigenvalue weighted by Gasteiger charge is -2.38. The van der Waals surface area contributed by atoms with Crippen molar-refractivity contribution in [1.29, 1.82) is 0 Å². The Kier molecular flexibility index (Phi) is 4.68. The van der Waals surface area contributed by atoms with Crippen LogP contribution in [0.2, 0.25) is 5.02 Å². The molecule has 1 saturated carbocycles. The lowest BCUT2D eigenvalue weighted by molar-refractivity contribution is 0.270. The number of benzene rings is 2. The van der Waals surface area contributed by atoms with Gasteiger partial charge in [0, 0.05) is 21.6 Å². The summed E-state index contributed by atoms with van der Waals surface area (Å²) in [6.07, 6.45) is 2.38. The van der Waals surface area contributed by atoms with E-state index in [0.29, 0.717) is 18.0 Å². The Morgan fingerprint density at radius 1 is 1.10 bits per heavy atom. The minimum atomic E-state index is 0.295. The quantitative estimate of drug-likeness (QED) is 0.734. The Bertz CT molecular complexity index is 622. The van der Waals surface area contributed by atoms with Gasteiger partial charge in [-0.05, 0) is 48.9 Å². The van der Waals surface area contributed by atoms with Crippen molar-refractivity contribution in [2.45, 2.75) is 37.8 Å². The largest absolute Gasteiger partial charge is 0.307 e. The lowest BCUT2D eigenvalue weighted by atomic mass is 9.75. The summed E-state index contributed by atoms with van der Waals surface area (Å²) in [6.45, 7) is 2.19. The van der Waals surface area contributed by atoms with Crippen molar-refractivity contribution in [3.05, 3.63) is 69.2 Å². The molecular weight excluding hydrogens is 346 g/mol. The van der Waals surface area contributed by atoms with Gasteiger partial charge >= 0.3 is 0 Å². The first-order chi connectivity index (χ1) is 10.1. The van der Waals surface area contributed by atoms with Crippen LogP contribution in [0.5, 0.6) is 0 Å². The zero-order chi connectivity index (χ0) is 14.8. The van der Waals surface area contributed by atoms with Gasteiger partial charge < -0.3 is 5.32 Å². The van der Waals surface area contributed by atoms with E-state index in [1.807, 2.05) is 18.2 Å². The average Bonchev–Trinajstić information content (AvgIpc) is 2.44. The molecule has 1 aliphatic rings. The van der Waals surface area contributed by atoms with Crippen molar-refractivity contribution in [2.75, 3.05) is 0 Å². The second-order valence-corrected chi connectivity index (χ2v) is 7.06. The highest BCUT2D eigenvalue weighted by molar-refractivity contribution is 9.10. The van der Waals surface area contributed by atoms with E-state index in [1.165, 1.54) is 28.4 Å². The highest BCUT2D eigenvalue weighted by Crippen LogP contribution is 2.41. The van der Waals surface area contributed by atoms with E-state index >= 15 is 0 Å². The van der Waals surface area contributed by atoms with Crippen LogP contribution in [0.25, 0.3) is 0 Å². The van der Waals surface area contributed by atoms with Gasteiger partial charge in [0.05, 0.1) is 0 Å². The molecule has 3 rings (SSSR count). The van der Waals surface area contributed by atoms with Crippen LogP contribution in [0.15, 0.2) is 53.0 Å². The molecule has 1 aliphatic carbocycles. The highest BCUT2D eigenvalue weighted by Gasteiger charge is 2.32. The predicted molar refractivity (Wildman–Crippen MR) is 92.9 cm³/mol. The Balaban J connectivity index is 1.58. The van der Waals surface area contributed by atoms with Gasteiger partial charge in [-0.25, -0.2) is 0 Å². The van der Waals surface area contributed by atoms with Gasteiger partial charge in [-0.1, -0.05) is 63.9 Å². The van der Waals surface area contributed by atoms with E-state index in [2.05, 4.69) is 58.5 Å². The Hall–Kier alpha value is -0.830.